The van der Waals surface area contributed by atoms with Gasteiger partial charge in [0.1, 0.15) is 11.6 Å². The Bertz CT molecular complexity index is 470. The molecular formula is C12H12FNOS2. The number of hydrogen-bond acceptors (Lipinski definition) is 4. The molecule has 0 radical (unpaired) electrons. The van der Waals surface area contributed by atoms with E-state index in [9.17, 15) is 4.39 Å². The number of thiazole rings is 1. The molecule has 17 heavy (non-hydrogen) atoms. The van der Waals surface area contributed by atoms with Crippen molar-refractivity contribution in [3.63, 3.8) is 0 Å². The summed E-state index contributed by atoms with van der Waals surface area (Å²) in [5.74, 6) is 1.09. The number of hydrogen-bond donors (Lipinski definition) is 1. The van der Waals surface area contributed by atoms with Crippen molar-refractivity contribution in [1.29, 1.82) is 0 Å². The van der Waals surface area contributed by atoms with E-state index >= 15 is 0 Å². The number of rotatable bonds is 5. The molecule has 0 atom stereocenters. The Morgan fingerprint density at radius 3 is 2.71 bits per heavy atom. The number of nitrogens with zero attached hydrogens (tertiary/aromatic N) is 1. The monoisotopic (exact) mass is 269 g/mol. The minimum absolute atomic E-state index is 0.254. The van der Waals surface area contributed by atoms with Crippen LogP contribution in [0.2, 0.25) is 0 Å². The molecule has 0 aliphatic carbocycles. The predicted octanol–water partition coefficient (Wildman–Crippen LogP) is 3.33. The zero-order valence-electron chi connectivity index (χ0n) is 9.10. The van der Waals surface area contributed by atoms with Gasteiger partial charge in [-0.3, -0.25) is 0 Å². The van der Waals surface area contributed by atoms with Gasteiger partial charge in [-0.05, 0) is 24.3 Å². The average Bonchev–Trinajstić information content (AvgIpc) is 2.80. The summed E-state index contributed by atoms with van der Waals surface area (Å²) in [6.07, 6.45) is 0.760. The minimum Gasteiger partial charge on any atom is -0.493 e. The third-order valence-electron chi connectivity index (χ3n) is 2.16. The molecule has 5 heteroatoms. The second-order valence-electron chi connectivity index (χ2n) is 3.44. The molecule has 0 saturated heterocycles. The van der Waals surface area contributed by atoms with Gasteiger partial charge in [0.05, 0.1) is 17.3 Å². The van der Waals surface area contributed by atoms with Crippen LogP contribution in [0, 0.1) is 5.82 Å². The van der Waals surface area contributed by atoms with E-state index in [1.807, 2.05) is 5.38 Å². The fraction of sp³-hybridized carbons (Fsp3) is 0.250. The van der Waals surface area contributed by atoms with Crippen LogP contribution < -0.4 is 4.74 Å². The van der Waals surface area contributed by atoms with Crippen molar-refractivity contribution in [2.24, 2.45) is 0 Å². The molecular weight excluding hydrogens is 257 g/mol. The van der Waals surface area contributed by atoms with Crippen LogP contribution in [-0.4, -0.2) is 11.6 Å². The number of thiol groups is 1. The van der Waals surface area contributed by atoms with E-state index in [1.165, 1.54) is 12.1 Å². The maximum Gasteiger partial charge on any atom is 0.123 e. The van der Waals surface area contributed by atoms with Crippen LogP contribution in [0.25, 0.3) is 0 Å². The van der Waals surface area contributed by atoms with Crippen molar-refractivity contribution >= 4 is 24.0 Å². The zero-order chi connectivity index (χ0) is 12.1. The summed E-state index contributed by atoms with van der Waals surface area (Å²) in [5.41, 5.74) is 0.995. The normalized spacial score (nSPS) is 10.5. The molecule has 1 heterocycles. The van der Waals surface area contributed by atoms with Gasteiger partial charge in [-0.25, -0.2) is 9.37 Å². The van der Waals surface area contributed by atoms with Gasteiger partial charge in [0, 0.05) is 17.6 Å². The van der Waals surface area contributed by atoms with Crippen molar-refractivity contribution in [3.05, 3.63) is 46.2 Å². The van der Waals surface area contributed by atoms with E-state index in [0.717, 1.165) is 17.1 Å². The van der Waals surface area contributed by atoms with Gasteiger partial charge < -0.3 is 4.74 Å². The predicted molar refractivity (Wildman–Crippen MR) is 70.4 cm³/mol. The molecule has 0 N–H and O–H groups in total. The molecule has 90 valence electrons. The second-order valence-corrected chi connectivity index (χ2v) is 4.70. The molecule has 0 bridgehead atoms. The number of benzene rings is 1. The Labute approximate surface area is 109 Å². The van der Waals surface area contributed by atoms with E-state index in [-0.39, 0.29) is 5.82 Å². The minimum atomic E-state index is -0.254. The van der Waals surface area contributed by atoms with E-state index < -0.39 is 0 Å². The Kier molecular flexibility index (Phi) is 4.39. The Morgan fingerprint density at radius 1 is 1.29 bits per heavy atom. The SMILES string of the molecule is Fc1ccc(OCCc2nc(CS)cs2)cc1. The fourth-order valence-corrected chi connectivity index (χ4v) is 2.39. The summed E-state index contributed by atoms with van der Waals surface area (Å²) >= 11 is 5.77. The lowest BCUT2D eigenvalue weighted by Gasteiger charge is -2.04. The van der Waals surface area contributed by atoms with Crippen LogP contribution in [0.4, 0.5) is 4.39 Å². The Morgan fingerprint density at radius 2 is 2.06 bits per heavy atom. The molecule has 1 aromatic carbocycles. The average molecular weight is 269 g/mol. The third kappa shape index (κ3) is 3.71. The quantitative estimate of drug-likeness (QED) is 0.841. The van der Waals surface area contributed by atoms with Crippen LogP contribution in [0.1, 0.15) is 10.7 Å². The molecule has 2 aromatic rings. The highest BCUT2D eigenvalue weighted by molar-refractivity contribution is 7.79. The van der Waals surface area contributed by atoms with Crippen LogP contribution in [0.3, 0.4) is 0 Å². The Balaban J connectivity index is 1.81. The highest BCUT2D eigenvalue weighted by Crippen LogP contribution is 2.14. The van der Waals surface area contributed by atoms with Gasteiger partial charge in [0.15, 0.2) is 0 Å². The lowest BCUT2D eigenvalue weighted by molar-refractivity contribution is 0.321. The maximum atomic E-state index is 12.6. The van der Waals surface area contributed by atoms with Crippen LogP contribution >= 0.6 is 24.0 Å². The van der Waals surface area contributed by atoms with E-state index in [0.29, 0.717) is 18.1 Å². The number of ether oxygens (including phenoxy) is 1. The molecule has 1 aromatic heterocycles. The largest absolute Gasteiger partial charge is 0.493 e. The van der Waals surface area contributed by atoms with Crippen LogP contribution in [0.15, 0.2) is 29.6 Å². The fourth-order valence-electron chi connectivity index (χ4n) is 1.32. The zero-order valence-corrected chi connectivity index (χ0v) is 10.8. The van der Waals surface area contributed by atoms with Crippen molar-refractivity contribution in [2.45, 2.75) is 12.2 Å². The van der Waals surface area contributed by atoms with Gasteiger partial charge >= 0.3 is 0 Å². The topological polar surface area (TPSA) is 22.1 Å². The second kappa shape index (κ2) is 6.02. The summed E-state index contributed by atoms with van der Waals surface area (Å²) in [7, 11) is 0. The number of aromatic nitrogens is 1. The first-order chi connectivity index (χ1) is 8.28. The van der Waals surface area contributed by atoms with Crippen molar-refractivity contribution in [2.75, 3.05) is 6.61 Å². The van der Waals surface area contributed by atoms with Crippen LogP contribution in [0.5, 0.6) is 5.75 Å². The van der Waals surface area contributed by atoms with E-state index in [4.69, 9.17) is 4.74 Å². The first-order valence-electron chi connectivity index (χ1n) is 5.20. The molecule has 0 fully saturated rings. The van der Waals surface area contributed by atoms with Gasteiger partial charge in [-0.15, -0.1) is 11.3 Å². The summed E-state index contributed by atoms with van der Waals surface area (Å²) in [6, 6.07) is 6.02. The molecule has 0 spiro atoms. The van der Waals surface area contributed by atoms with Crippen molar-refractivity contribution in [3.8, 4) is 5.75 Å². The maximum absolute atomic E-state index is 12.6. The standard InChI is InChI=1S/C12H12FNOS2/c13-9-1-3-11(4-2-9)15-6-5-12-14-10(7-16)8-17-12/h1-4,8,16H,5-7H2. The van der Waals surface area contributed by atoms with Crippen molar-refractivity contribution < 1.29 is 9.13 Å². The molecule has 0 aliphatic rings. The molecule has 0 saturated carbocycles. The molecule has 0 aliphatic heterocycles. The first kappa shape index (κ1) is 12.4. The molecule has 2 nitrogen and oxygen atoms in total. The number of halogens is 1. The summed E-state index contributed by atoms with van der Waals surface area (Å²) < 4.78 is 18.1. The lowest BCUT2D eigenvalue weighted by Crippen LogP contribution is -2.01. The summed E-state index contributed by atoms with van der Waals surface area (Å²) in [6.45, 7) is 0.547. The highest BCUT2D eigenvalue weighted by Gasteiger charge is 2.01. The van der Waals surface area contributed by atoms with Gasteiger partial charge in [-0.2, -0.15) is 12.6 Å². The van der Waals surface area contributed by atoms with Gasteiger partial charge in [0.25, 0.3) is 0 Å². The van der Waals surface area contributed by atoms with Crippen LogP contribution in [-0.2, 0) is 12.2 Å². The summed E-state index contributed by atoms with van der Waals surface area (Å²) in [4.78, 5) is 4.38. The lowest BCUT2D eigenvalue weighted by atomic mass is 10.3. The van der Waals surface area contributed by atoms with Gasteiger partial charge in [-0.1, -0.05) is 0 Å². The smallest absolute Gasteiger partial charge is 0.123 e. The Hall–Kier alpha value is -1.07. The van der Waals surface area contributed by atoms with E-state index in [1.54, 1.807) is 23.5 Å². The third-order valence-corrected chi connectivity index (χ3v) is 3.44. The van der Waals surface area contributed by atoms with Crippen molar-refractivity contribution in [1.82, 2.24) is 4.98 Å². The van der Waals surface area contributed by atoms with E-state index in [2.05, 4.69) is 17.6 Å². The van der Waals surface area contributed by atoms with Gasteiger partial charge in [0.2, 0.25) is 0 Å². The first-order valence-corrected chi connectivity index (χ1v) is 6.71. The molecule has 0 amide bonds. The highest BCUT2D eigenvalue weighted by atomic mass is 32.1. The molecule has 2 rings (SSSR count). The summed E-state index contributed by atoms with van der Waals surface area (Å²) in [5, 5.41) is 3.04. The molecule has 0 unspecified atom stereocenters.